The molecule has 0 spiro atoms. The highest BCUT2D eigenvalue weighted by Gasteiger charge is 2.09. The smallest absolute Gasteiger partial charge is 0.252 e. The second-order valence-electron chi connectivity index (χ2n) is 4.10. The summed E-state index contributed by atoms with van der Waals surface area (Å²) in [7, 11) is 0. The van der Waals surface area contributed by atoms with E-state index in [9.17, 15) is 4.79 Å². The Kier molecular flexibility index (Phi) is 4.36. The van der Waals surface area contributed by atoms with E-state index in [1.54, 1.807) is 30.6 Å². The van der Waals surface area contributed by atoms with Crippen LogP contribution in [-0.4, -0.2) is 17.4 Å². The van der Waals surface area contributed by atoms with Gasteiger partial charge in [-0.15, -0.1) is 0 Å². The number of benzene rings is 1. The standard InChI is InChI=1S/C14H14ClN3O/c15-13-9-11(16)1-2-12(13)14(19)18-8-5-10-3-6-17-7-4-10/h1-4,6-7,9H,5,8,16H2,(H,18,19). The second kappa shape index (κ2) is 6.20. The molecule has 2 aromatic rings. The van der Waals surface area contributed by atoms with Crippen LogP contribution in [0.3, 0.4) is 0 Å². The van der Waals surface area contributed by atoms with Gasteiger partial charge < -0.3 is 11.1 Å². The summed E-state index contributed by atoms with van der Waals surface area (Å²) in [4.78, 5) is 15.9. The van der Waals surface area contributed by atoms with Crippen LogP contribution >= 0.6 is 11.6 Å². The zero-order valence-corrected chi connectivity index (χ0v) is 11.0. The summed E-state index contributed by atoms with van der Waals surface area (Å²) in [5, 5.41) is 3.19. The number of aromatic nitrogens is 1. The summed E-state index contributed by atoms with van der Waals surface area (Å²) in [5.41, 5.74) is 7.68. The minimum Gasteiger partial charge on any atom is -0.399 e. The van der Waals surface area contributed by atoms with Crippen LogP contribution in [-0.2, 0) is 6.42 Å². The molecule has 0 aliphatic carbocycles. The fourth-order valence-electron chi connectivity index (χ4n) is 1.68. The van der Waals surface area contributed by atoms with Gasteiger partial charge in [0.05, 0.1) is 10.6 Å². The van der Waals surface area contributed by atoms with Crippen molar-refractivity contribution in [2.24, 2.45) is 0 Å². The molecule has 0 saturated heterocycles. The number of amides is 1. The number of anilines is 1. The maximum atomic E-state index is 11.9. The van der Waals surface area contributed by atoms with Crippen LogP contribution in [0.2, 0.25) is 5.02 Å². The van der Waals surface area contributed by atoms with E-state index in [2.05, 4.69) is 10.3 Å². The predicted octanol–water partition coefficient (Wildman–Crippen LogP) is 2.29. The molecule has 0 fully saturated rings. The third-order valence-electron chi connectivity index (χ3n) is 2.69. The maximum absolute atomic E-state index is 11.9. The molecular formula is C14H14ClN3O. The lowest BCUT2D eigenvalue weighted by Gasteiger charge is -2.07. The molecule has 5 heteroatoms. The van der Waals surface area contributed by atoms with E-state index in [1.165, 1.54) is 0 Å². The predicted molar refractivity (Wildman–Crippen MR) is 76.1 cm³/mol. The van der Waals surface area contributed by atoms with Crippen molar-refractivity contribution >= 4 is 23.2 Å². The highest BCUT2D eigenvalue weighted by molar-refractivity contribution is 6.34. The Morgan fingerprint density at radius 3 is 2.68 bits per heavy atom. The SMILES string of the molecule is Nc1ccc(C(=O)NCCc2ccncc2)c(Cl)c1. The molecular weight excluding hydrogens is 262 g/mol. The van der Waals surface area contributed by atoms with Crippen molar-refractivity contribution in [1.82, 2.24) is 10.3 Å². The van der Waals surface area contributed by atoms with E-state index in [0.29, 0.717) is 22.8 Å². The van der Waals surface area contributed by atoms with Crippen molar-refractivity contribution in [1.29, 1.82) is 0 Å². The Balaban J connectivity index is 1.91. The average molecular weight is 276 g/mol. The Morgan fingerprint density at radius 2 is 2.00 bits per heavy atom. The lowest BCUT2D eigenvalue weighted by molar-refractivity contribution is 0.0954. The Bertz CT molecular complexity index is 572. The van der Waals surface area contributed by atoms with Crippen LogP contribution in [0.15, 0.2) is 42.7 Å². The maximum Gasteiger partial charge on any atom is 0.252 e. The number of pyridine rings is 1. The van der Waals surface area contributed by atoms with Crippen molar-refractivity contribution in [2.75, 3.05) is 12.3 Å². The molecule has 19 heavy (non-hydrogen) atoms. The van der Waals surface area contributed by atoms with E-state index < -0.39 is 0 Å². The first-order valence-corrected chi connectivity index (χ1v) is 6.27. The van der Waals surface area contributed by atoms with Crippen molar-refractivity contribution in [3.05, 3.63) is 58.9 Å². The molecule has 0 saturated carbocycles. The van der Waals surface area contributed by atoms with Gasteiger partial charge in [0, 0.05) is 24.6 Å². The molecule has 98 valence electrons. The van der Waals surface area contributed by atoms with Gasteiger partial charge in [-0.2, -0.15) is 0 Å². The number of carbonyl (C=O) groups is 1. The van der Waals surface area contributed by atoms with E-state index in [0.717, 1.165) is 12.0 Å². The minimum absolute atomic E-state index is 0.195. The molecule has 0 aliphatic rings. The van der Waals surface area contributed by atoms with Gasteiger partial charge in [-0.3, -0.25) is 9.78 Å². The Morgan fingerprint density at radius 1 is 1.26 bits per heavy atom. The highest BCUT2D eigenvalue weighted by atomic mass is 35.5. The summed E-state index contributed by atoms with van der Waals surface area (Å²) >= 11 is 5.97. The number of hydrogen-bond acceptors (Lipinski definition) is 3. The molecule has 0 atom stereocenters. The molecule has 2 rings (SSSR count). The van der Waals surface area contributed by atoms with E-state index in [-0.39, 0.29) is 5.91 Å². The van der Waals surface area contributed by atoms with E-state index in [4.69, 9.17) is 17.3 Å². The van der Waals surface area contributed by atoms with Crippen molar-refractivity contribution in [2.45, 2.75) is 6.42 Å². The van der Waals surface area contributed by atoms with Gasteiger partial charge in [0.25, 0.3) is 5.91 Å². The van der Waals surface area contributed by atoms with Crippen LogP contribution in [0.4, 0.5) is 5.69 Å². The molecule has 4 nitrogen and oxygen atoms in total. The molecule has 1 amide bonds. The minimum atomic E-state index is -0.195. The molecule has 0 radical (unpaired) electrons. The number of carbonyl (C=O) groups excluding carboxylic acids is 1. The van der Waals surface area contributed by atoms with Gasteiger partial charge >= 0.3 is 0 Å². The first-order chi connectivity index (χ1) is 9.16. The average Bonchev–Trinajstić information content (AvgIpc) is 2.39. The quantitative estimate of drug-likeness (QED) is 0.841. The Hall–Kier alpha value is -2.07. The zero-order valence-electron chi connectivity index (χ0n) is 10.3. The molecule has 1 aromatic heterocycles. The molecule has 3 N–H and O–H groups in total. The van der Waals surface area contributed by atoms with Gasteiger partial charge in [0.1, 0.15) is 0 Å². The fraction of sp³-hybridized carbons (Fsp3) is 0.143. The normalized spacial score (nSPS) is 10.2. The number of nitrogens with two attached hydrogens (primary N) is 1. The van der Waals surface area contributed by atoms with Crippen molar-refractivity contribution in [3.8, 4) is 0 Å². The molecule has 1 aromatic carbocycles. The molecule has 0 bridgehead atoms. The number of nitrogen functional groups attached to an aromatic ring is 1. The van der Waals surface area contributed by atoms with E-state index in [1.807, 2.05) is 12.1 Å². The van der Waals surface area contributed by atoms with Gasteiger partial charge in [-0.1, -0.05) is 11.6 Å². The third kappa shape index (κ3) is 3.69. The number of rotatable bonds is 4. The van der Waals surface area contributed by atoms with Gasteiger partial charge in [0.2, 0.25) is 0 Å². The number of hydrogen-bond donors (Lipinski definition) is 2. The first kappa shape index (κ1) is 13.4. The van der Waals surface area contributed by atoms with Crippen LogP contribution in [0, 0.1) is 0 Å². The first-order valence-electron chi connectivity index (χ1n) is 5.89. The lowest BCUT2D eigenvalue weighted by Crippen LogP contribution is -2.26. The Labute approximate surface area is 116 Å². The van der Waals surface area contributed by atoms with Gasteiger partial charge in [-0.05, 0) is 42.3 Å². The lowest BCUT2D eigenvalue weighted by atomic mass is 10.1. The van der Waals surface area contributed by atoms with Crippen LogP contribution in [0.5, 0.6) is 0 Å². The van der Waals surface area contributed by atoms with Gasteiger partial charge in [0.15, 0.2) is 0 Å². The number of nitrogens with zero attached hydrogens (tertiary/aromatic N) is 1. The summed E-state index contributed by atoms with van der Waals surface area (Å²) in [6.07, 6.45) is 4.21. The number of nitrogens with one attached hydrogen (secondary N) is 1. The topological polar surface area (TPSA) is 68.0 Å². The van der Waals surface area contributed by atoms with Crippen LogP contribution in [0.25, 0.3) is 0 Å². The van der Waals surface area contributed by atoms with E-state index >= 15 is 0 Å². The summed E-state index contributed by atoms with van der Waals surface area (Å²) in [5.74, 6) is -0.195. The fourth-order valence-corrected chi connectivity index (χ4v) is 1.96. The van der Waals surface area contributed by atoms with Crippen LogP contribution in [0.1, 0.15) is 15.9 Å². The summed E-state index contributed by atoms with van der Waals surface area (Å²) in [6.45, 7) is 0.545. The van der Waals surface area contributed by atoms with Crippen molar-refractivity contribution < 1.29 is 4.79 Å². The monoisotopic (exact) mass is 275 g/mol. The zero-order chi connectivity index (χ0) is 13.7. The molecule has 0 unspecified atom stereocenters. The van der Waals surface area contributed by atoms with Gasteiger partial charge in [-0.25, -0.2) is 0 Å². The molecule has 1 heterocycles. The third-order valence-corrected chi connectivity index (χ3v) is 3.00. The summed E-state index contributed by atoms with van der Waals surface area (Å²) in [6, 6.07) is 8.69. The van der Waals surface area contributed by atoms with Crippen LogP contribution < -0.4 is 11.1 Å². The largest absolute Gasteiger partial charge is 0.399 e. The summed E-state index contributed by atoms with van der Waals surface area (Å²) < 4.78 is 0. The number of halogens is 1. The van der Waals surface area contributed by atoms with Crippen molar-refractivity contribution in [3.63, 3.8) is 0 Å². The molecule has 0 aliphatic heterocycles. The second-order valence-corrected chi connectivity index (χ2v) is 4.51. The highest BCUT2D eigenvalue weighted by Crippen LogP contribution is 2.18.